The van der Waals surface area contributed by atoms with Crippen LogP contribution in [0.2, 0.25) is 0 Å². The van der Waals surface area contributed by atoms with Crippen molar-refractivity contribution in [2.45, 2.75) is 25.8 Å². The van der Waals surface area contributed by atoms with Crippen molar-refractivity contribution in [2.24, 2.45) is 0 Å². The topological polar surface area (TPSA) is 73.5 Å². The molecular formula is C24H24FN3O3. The Morgan fingerprint density at radius 3 is 2.58 bits per heavy atom. The number of nitrogens with one attached hydrogen (secondary N) is 1. The fraction of sp³-hybridized carbons (Fsp3) is 0.292. The molecule has 1 atom stereocenters. The number of piperazine rings is 1. The van der Waals surface area contributed by atoms with Gasteiger partial charge in [0.05, 0.1) is 5.56 Å². The van der Waals surface area contributed by atoms with Crippen LogP contribution in [0.4, 0.5) is 4.39 Å². The van der Waals surface area contributed by atoms with Crippen LogP contribution in [-0.4, -0.2) is 58.1 Å². The summed E-state index contributed by atoms with van der Waals surface area (Å²) in [5, 5.41) is 0.129. The lowest BCUT2D eigenvalue weighted by molar-refractivity contribution is -0.129. The average Bonchev–Trinajstić information content (AvgIpc) is 3.24. The van der Waals surface area contributed by atoms with Gasteiger partial charge in [-0.1, -0.05) is 37.6 Å². The van der Waals surface area contributed by atoms with Gasteiger partial charge in [0.1, 0.15) is 5.82 Å². The molecule has 2 aromatic carbocycles. The van der Waals surface area contributed by atoms with Gasteiger partial charge in [-0.2, -0.15) is 0 Å². The second-order valence-corrected chi connectivity index (χ2v) is 7.75. The first kappa shape index (κ1) is 20.8. The zero-order chi connectivity index (χ0) is 22.0. The lowest BCUT2D eigenvalue weighted by Gasteiger charge is -2.41. The smallest absolute Gasteiger partial charge is 0.295 e. The molecule has 0 bridgehead atoms. The van der Waals surface area contributed by atoms with Crippen molar-refractivity contribution in [3.63, 3.8) is 0 Å². The molecule has 0 radical (unpaired) electrons. The van der Waals surface area contributed by atoms with Crippen molar-refractivity contribution < 1.29 is 18.8 Å². The van der Waals surface area contributed by atoms with Crippen LogP contribution >= 0.6 is 0 Å². The van der Waals surface area contributed by atoms with Gasteiger partial charge >= 0.3 is 0 Å². The molecule has 0 saturated carbocycles. The third-order valence-corrected chi connectivity index (χ3v) is 5.77. The van der Waals surface area contributed by atoms with E-state index in [0.29, 0.717) is 17.6 Å². The summed E-state index contributed by atoms with van der Waals surface area (Å²) in [6.45, 7) is 2.90. The van der Waals surface area contributed by atoms with E-state index in [-0.39, 0.29) is 36.0 Å². The monoisotopic (exact) mass is 421 g/mol. The molecule has 7 heteroatoms. The number of rotatable bonds is 5. The van der Waals surface area contributed by atoms with Crippen LogP contribution in [0.1, 0.15) is 40.5 Å². The molecule has 31 heavy (non-hydrogen) atoms. The van der Waals surface area contributed by atoms with Crippen LogP contribution in [-0.2, 0) is 4.79 Å². The highest BCUT2D eigenvalue weighted by atomic mass is 19.1. The van der Waals surface area contributed by atoms with E-state index in [0.717, 1.165) is 12.8 Å². The number of nitrogens with zero attached hydrogens (tertiary/aromatic N) is 2. The van der Waals surface area contributed by atoms with Gasteiger partial charge in [-0.3, -0.25) is 14.4 Å². The molecule has 0 spiro atoms. The maximum Gasteiger partial charge on any atom is 0.295 e. The standard InChI is InChI=1S/C24H24FN3O3/c1-2-7-17-15-27(12-13-28(17)23(30)16-8-4-3-5-9-16)24(31)22(29)18-14-26-20-11-6-10-19(25)21(18)20/h3-6,8-11,14,17,26H,2,7,12-13,15H2,1H3/t17-/m0/s1. The van der Waals surface area contributed by atoms with E-state index in [1.165, 1.54) is 17.2 Å². The van der Waals surface area contributed by atoms with Crippen molar-refractivity contribution >= 4 is 28.5 Å². The number of Topliss-reactive ketones (excluding diaryl/α,β-unsaturated/α-hetero) is 1. The zero-order valence-corrected chi connectivity index (χ0v) is 17.3. The number of benzene rings is 2. The van der Waals surface area contributed by atoms with Crippen LogP contribution in [0.15, 0.2) is 54.7 Å². The molecule has 2 heterocycles. The third kappa shape index (κ3) is 3.95. The third-order valence-electron chi connectivity index (χ3n) is 5.77. The van der Waals surface area contributed by atoms with E-state index < -0.39 is 17.5 Å². The first-order chi connectivity index (χ1) is 15.0. The SMILES string of the molecule is CCC[C@H]1CN(C(=O)C(=O)c2c[nH]c3cccc(F)c23)CCN1C(=O)c1ccccc1. The highest BCUT2D eigenvalue weighted by Gasteiger charge is 2.35. The largest absolute Gasteiger partial charge is 0.360 e. The first-order valence-electron chi connectivity index (χ1n) is 10.5. The molecule has 160 valence electrons. The van der Waals surface area contributed by atoms with Gasteiger partial charge in [-0.25, -0.2) is 4.39 Å². The number of carbonyl (C=O) groups is 3. The van der Waals surface area contributed by atoms with Crippen LogP contribution in [0, 0.1) is 5.82 Å². The number of hydrogen-bond donors (Lipinski definition) is 1. The van der Waals surface area contributed by atoms with E-state index in [2.05, 4.69) is 4.98 Å². The number of H-pyrrole nitrogens is 1. The minimum Gasteiger partial charge on any atom is -0.360 e. The fourth-order valence-electron chi connectivity index (χ4n) is 4.21. The van der Waals surface area contributed by atoms with Crippen molar-refractivity contribution in [2.75, 3.05) is 19.6 Å². The summed E-state index contributed by atoms with van der Waals surface area (Å²) < 4.78 is 14.3. The molecule has 1 aliphatic heterocycles. The number of fused-ring (bicyclic) bond motifs is 1. The van der Waals surface area contributed by atoms with Gasteiger partial charge in [0.15, 0.2) is 0 Å². The van der Waals surface area contributed by atoms with Crippen LogP contribution < -0.4 is 0 Å². The molecule has 0 unspecified atom stereocenters. The Bertz CT molecular complexity index is 1130. The molecule has 4 rings (SSSR count). The average molecular weight is 421 g/mol. The number of halogens is 1. The molecule has 3 aromatic rings. The van der Waals surface area contributed by atoms with Gasteiger partial charge in [0.2, 0.25) is 0 Å². The molecule has 1 aromatic heterocycles. The van der Waals surface area contributed by atoms with Crippen LogP contribution in [0.25, 0.3) is 10.9 Å². The lowest BCUT2D eigenvalue weighted by Crippen LogP contribution is -2.57. The molecular weight excluding hydrogens is 397 g/mol. The molecule has 1 saturated heterocycles. The van der Waals surface area contributed by atoms with Gasteiger partial charge in [0, 0.05) is 48.3 Å². The zero-order valence-electron chi connectivity index (χ0n) is 17.3. The summed E-state index contributed by atoms with van der Waals surface area (Å²) in [5.41, 5.74) is 1.11. The second-order valence-electron chi connectivity index (χ2n) is 7.75. The minimum absolute atomic E-state index is 0.0351. The lowest BCUT2D eigenvalue weighted by atomic mass is 10.0. The van der Waals surface area contributed by atoms with Crippen LogP contribution in [0.5, 0.6) is 0 Å². The number of ketones is 1. The number of hydrogen-bond acceptors (Lipinski definition) is 3. The Morgan fingerprint density at radius 2 is 1.84 bits per heavy atom. The maximum atomic E-state index is 14.3. The minimum atomic E-state index is -0.741. The first-order valence-corrected chi connectivity index (χ1v) is 10.5. The number of amides is 2. The van der Waals surface area contributed by atoms with Gasteiger partial charge < -0.3 is 14.8 Å². The predicted molar refractivity (Wildman–Crippen MR) is 115 cm³/mol. The van der Waals surface area contributed by atoms with Gasteiger partial charge in [-0.05, 0) is 30.7 Å². The fourth-order valence-corrected chi connectivity index (χ4v) is 4.21. The summed E-state index contributed by atoms with van der Waals surface area (Å²) in [6, 6.07) is 13.3. The van der Waals surface area contributed by atoms with Crippen molar-refractivity contribution in [3.05, 3.63) is 71.7 Å². The molecule has 1 aliphatic rings. The molecule has 1 N–H and O–H groups in total. The Labute approximate surface area is 179 Å². The van der Waals surface area contributed by atoms with Gasteiger partial charge in [0.25, 0.3) is 17.6 Å². The second kappa shape index (κ2) is 8.71. The molecule has 1 fully saturated rings. The molecule has 2 amide bonds. The molecule has 0 aliphatic carbocycles. The predicted octanol–water partition coefficient (Wildman–Crippen LogP) is 3.64. The summed E-state index contributed by atoms with van der Waals surface area (Å²) in [6.07, 6.45) is 2.94. The summed E-state index contributed by atoms with van der Waals surface area (Å²) in [7, 11) is 0. The summed E-state index contributed by atoms with van der Waals surface area (Å²) in [5.74, 6) is -2.03. The number of aromatic nitrogens is 1. The number of carbonyl (C=O) groups excluding carboxylic acids is 3. The van der Waals surface area contributed by atoms with Crippen molar-refractivity contribution in [1.29, 1.82) is 0 Å². The Kier molecular flexibility index (Phi) is 5.84. The van der Waals surface area contributed by atoms with E-state index in [9.17, 15) is 18.8 Å². The summed E-state index contributed by atoms with van der Waals surface area (Å²) >= 11 is 0. The molecule has 6 nitrogen and oxygen atoms in total. The highest BCUT2D eigenvalue weighted by molar-refractivity contribution is 6.44. The Hall–Kier alpha value is -3.48. The maximum absolute atomic E-state index is 14.3. The number of aromatic amines is 1. The Morgan fingerprint density at radius 1 is 1.06 bits per heavy atom. The van der Waals surface area contributed by atoms with Crippen molar-refractivity contribution in [1.82, 2.24) is 14.8 Å². The van der Waals surface area contributed by atoms with E-state index in [1.54, 1.807) is 29.2 Å². The summed E-state index contributed by atoms with van der Waals surface area (Å²) in [4.78, 5) is 45.0. The normalized spacial score (nSPS) is 16.5. The van der Waals surface area contributed by atoms with Crippen LogP contribution in [0.3, 0.4) is 0 Å². The van der Waals surface area contributed by atoms with Crippen molar-refractivity contribution in [3.8, 4) is 0 Å². The quantitative estimate of drug-likeness (QED) is 0.505. The van der Waals surface area contributed by atoms with Gasteiger partial charge in [-0.15, -0.1) is 0 Å². The van der Waals surface area contributed by atoms with E-state index in [4.69, 9.17) is 0 Å². The highest BCUT2D eigenvalue weighted by Crippen LogP contribution is 2.24. The van der Waals surface area contributed by atoms with E-state index in [1.807, 2.05) is 25.1 Å². The van der Waals surface area contributed by atoms with E-state index >= 15 is 0 Å². The Balaban J connectivity index is 1.53.